The van der Waals surface area contributed by atoms with Gasteiger partial charge in [0.25, 0.3) is 5.91 Å². The van der Waals surface area contributed by atoms with Crippen molar-refractivity contribution in [1.29, 1.82) is 0 Å². The molecule has 1 saturated heterocycles. The Hall–Kier alpha value is -2.97. The maximum atomic E-state index is 13.0. The van der Waals surface area contributed by atoms with Crippen molar-refractivity contribution in [1.82, 2.24) is 4.90 Å². The zero-order chi connectivity index (χ0) is 21.0. The number of hydrogen-bond acceptors (Lipinski definition) is 4. The van der Waals surface area contributed by atoms with Gasteiger partial charge in [0.15, 0.2) is 11.5 Å². The lowest BCUT2D eigenvalue weighted by Gasteiger charge is -2.19. The van der Waals surface area contributed by atoms with Crippen LogP contribution in [-0.4, -0.2) is 48.8 Å². The molecular weight excluding hydrogens is 366 g/mol. The maximum Gasteiger partial charge on any atom is 0.253 e. The molecule has 5 heteroatoms. The normalized spacial score (nSPS) is 16.2. The van der Waals surface area contributed by atoms with Gasteiger partial charge in [0.1, 0.15) is 5.60 Å². The van der Waals surface area contributed by atoms with Crippen LogP contribution >= 0.6 is 0 Å². The molecule has 1 aliphatic rings. The standard InChI is InChI=1S/C24H27NO4/c1-24(2,27)13-11-17-7-5-8-18(15-17)23(26)25-14-12-19(16-25)20-9-6-10-21(28-3)22(20)29-4/h5-10,15,19,27H,12,14,16H2,1-4H3. The third-order valence-corrected chi connectivity index (χ3v) is 4.97. The average molecular weight is 393 g/mol. The van der Waals surface area contributed by atoms with Gasteiger partial charge < -0.3 is 19.5 Å². The Morgan fingerprint density at radius 2 is 1.93 bits per heavy atom. The molecular formula is C24H27NO4. The minimum absolute atomic E-state index is 0.0127. The summed E-state index contributed by atoms with van der Waals surface area (Å²) < 4.78 is 11.0. The van der Waals surface area contributed by atoms with Crippen LogP contribution in [0.1, 0.15) is 47.7 Å². The van der Waals surface area contributed by atoms with Crippen LogP contribution in [0, 0.1) is 11.8 Å². The number of amides is 1. The number of methoxy groups -OCH3 is 2. The quantitative estimate of drug-likeness (QED) is 0.809. The summed E-state index contributed by atoms with van der Waals surface area (Å²) in [6.07, 6.45) is 0.869. The molecule has 3 rings (SSSR count). The van der Waals surface area contributed by atoms with E-state index in [0.29, 0.717) is 30.0 Å². The number of carbonyl (C=O) groups excluding carboxylic acids is 1. The first-order valence-corrected chi connectivity index (χ1v) is 9.68. The third kappa shape index (κ3) is 4.90. The highest BCUT2D eigenvalue weighted by atomic mass is 16.5. The minimum Gasteiger partial charge on any atom is -0.493 e. The molecule has 1 heterocycles. The van der Waals surface area contributed by atoms with E-state index in [-0.39, 0.29) is 11.8 Å². The Kier molecular flexibility index (Phi) is 6.14. The van der Waals surface area contributed by atoms with E-state index in [9.17, 15) is 9.90 Å². The fourth-order valence-electron chi connectivity index (χ4n) is 3.57. The Balaban J connectivity index is 1.77. The molecule has 2 aromatic carbocycles. The molecule has 0 spiro atoms. The number of nitrogens with zero attached hydrogens (tertiary/aromatic N) is 1. The summed E-state index contributed by atoms with van der Waals surface area (Å²) >= 11 is 0. The first-order chi connectivity index (χ1) is 13.8. The van der Waals surface area contributed by atoms with E-state index < -0.39 is 5.60 Å². The van der Waals surface area contributed by atoms with E-state index in [2.05, 4.69) is 11.8 Å². The van der Waals surface area contributed by atoms with E-state index in [0.717, 1.165) is 17.7 Å². The van der Waals surface area contributed by atoms with E-state index in [1.165, 1.54) is 0 Å². The van der Waals surface area contributed by atoms with Crippen molar-refractivity contribution >= 4 is 5.91 Å². The Morgan fingerprint density at radius 1 is 1.17 bits per heavy atom. The predicted octanol–water partition coefficient (Wildman–Crippen LogP) is 3.46. The molecule has 2 aromatic rings. The van der Waals surface area contributed by atoms with Gasteiger partial charge in [0.05, 0.1) is 14.2 Å². The monoisotopic (exact) mass is 393 g/mol. The Bertz CT molecular complexity index is 949. The van der Waals surface area contributed by atoms with Crippen molar-refractivity contribution < 1.29 is 19.4 Å². The molecule has 1 aliphatic heterocycles. The van der Waals surface area contributed by atoms with E-state index in [4.69, 9.17) is 9.47 Å². The first kappa shape index (κ1) is 20.8. The highest BCUT2D eigenvalue weighted by molar-refractivity contribution is 5.94. The molecule has 0 bridgehead atoms. The van der Waals surface area contributed by atoms with Gasteiger partial charge in [-0.05, 0) is 44.5 Å². The lowest BCUT2D eigenvalue weighted by atomic mass is 9.97. The zero-order valence-corrected chi connectivity index (χ0v) is 17.4. The molecule has 5 nitrogen and oxygen atoms in total. The molecule has 0 radical (unpaired) electrons. The number of rotatable bonds is 4. The summed E-state index contributed by atoms with van der Waals surface area (Å²) in [5.74, 6) is 7.33. The van der Waals surface area contributed by atoms with Crippen molar-refractivity contribution in [2.45, 2.75) is 31.8 Å². The number of likely N-dealkylation sites (tertiary alicyclic amines) is 1. The smallest absolute Gasteiger partial charge is 0.253 e. The zero-order valence-electron chi connectivity index (χ0n) is 17.4. The highest BCUT2D eigenvalue weighted by Crippen LogP contribution is 2.39. The molecule has 0 aromatic heterocycles. The molecule has 29 heavy (non-hydrogen) atoms. The van der Waals surface area contributed by atoms with Gasteiger partial charge in [0.2, 0.25) is 0 Å². The van der Waals surface area contributed by atoms with E-state index >= 15 is 0 Å². The van der Waals surface area contributed by atoms with Crippen LogP contribution < -0.4 is 9.47 Å². The van der Waals surface area contributed by atoms with Crippen LogP contribution in [0.3, 0.4) is 0 Å². The van der Waals surface area contributed by atoms with Gasteiger partial charge in [-0.15, -0.1) is 0 Å². The molecule has 1 amide bonds. The largest absolute Gasteiger partial charge is 0.493 e. The number of ether oxygens (including phenoxy) is 2. The van der Waals surface area contributed by atoms with Crippen molar-refractivity contribution in [3.63, 3.8) is 0 Å². The van der Waals surface area contributed by atoms with Crippen molar-refractivity contribution in [2.24, 2.45) is 0 Å². The van der Waals surface area contributed by atoms with Gasteiger partial charge in [0, 0.05) is 35.7 Å². The number of aliphatic hydroxyl groups is 1. The summed E-state index contributed by atoms with van der Waals surface area (Å²) in [5.41, 5.74) is 1.30. The fraction of sp³-hybridized carbons (Fsp3) is 0.375. The molecule has 0 saturated carbocycles. The fourth-order valence-corrected chi connectivity index (χ4v) is 3.57. The van der Waals surface area contributed by atoms with Crippen LogP contribution in [0.25, 0.3) is 0 Å². The number of hydrogen-bond donors (Lipinski definition) is 1. The molecule has 1 N–H and O–H groups in total. The summed E-state index contributed by atoms with van der Waals surface area (Å²) in [6, 6.07) is 13.1. The van der Waals surface area contributed by atoms with Crippen LogP contribution in [0.15, 0.2) is 42.5 Å². The topological polar surface area (TPSA) is 59.0 Å². The lowest BCUT2D eigenvalue weighted by Crippen LogP contribution is -2.28. The summed E-state index contributed by atoms with van der Waals surface area (Å²) in [5, 5.41) is 9.78. The second kappa shape index (κ2) is 8.59. The Morgan fingerprint density at radius 3 is 2.62 bits per heavy atom. The van der Waals surface area contributed by atoms with Crippen molar-refractivity contribution in [3.8, 4) is 23.3 Å². The van der Waals surface area contributed by atoms with Crippen molar-refractivity contribution in [2.75, 3.05) is 27.3 Å². The van der Waals surface area contributed by atoms with E-state index in [1.807, 2.05) is 35.2 Å². The lowest BCUT2D eigenvalue weighted by molar-refractivity contribution is 0.0790. The predicted molar refractivity (Wildman–Crippen MR) is 112 cm³/mol. The molecule has 152 valence electrons. The summed E-state index contributed by atoms with van der Waals surface area (Å²) in [4.78, 5) is 14.9. The second-order valence-electron chi connectivity index (χ2n) is 7.71. The second-order valence-corrected chi connectivity index (χ2v) is 7.71. The first-order valence-electron chi connectivity index (χ1n) is 9.68. The van der Waals surface area contributed by atoms with Crippen LogP contribution in [0.5, 0.6) is 11.5 Å². The Labute approximate surface area is 172 Å². The molecule has 1 atom stereocenters. The van der Waals surface area contributed by atoms with Gasteiger partial charge in [-0.1, -0.05) is 30.0 Å². The van der Waals surface area contributed by atoms with Gasteiger partial charge >= 0.3 is 0 Å². The van der Waals surface area contributed by atoms with Gasteiger partial charge in [-0.3, -0.25) is 4.79 Å². The van der Waals surface area contributed by atoms with Crippen LogP contribution in [0.4, 0.5) is 0 Å². The number of para-hydroxylation sites is 1. The van der Waals surface area contributed by atoms with Crippen LogP contribution in [0.2, 0.25) is 0 Å². The molecule has 1 unspecified atom stereocenters. The molecule has 1 fully saturated rings. The van der Waals surface area contributed by atoms with Crippen molar-refractivity contribution in [3.05, 3.63) is 59.2 Å². The van der Waals surface area contributed by atoms with Gasteiger partial charge in [-0.2, -0.15) is 0 Å². The summed E-state index contributed by atoms with van der Waals surface area (Å²) in [7, 11) is 3.26. The number of carbonyl (C=O) groups is 1. The maximum absolute atomic E-state index is 13.0. The number of benzene rings is 2. The summed E-state index contributed by atoms with van der Waals surface area (Å²) in [6.45, 7) is 4.57. The third-order valence-electron chi connectivity index (χ3n) is 4.97. The average Bonchev–Trinajstić information content (AvgIpc) is 3.20. The SMILES string of the molecule is COc1cccc(C2CCN(C(=O)c3cccc(C#CC(C)(C)O)c3)C2)c1OC. The highest BCUT2D eigenvalue weighted by Gasteiger charge is 2.30. The van der Waals surface area contributed by atoms with E-state index in [1.54, 1.807) is 40.2 Å². The van der Waals surface area contributed by atoms with Gasteiger partial charge in [-0.25, -0.2) is 0 Å². The van der Waals surface area contributed by atoms with Crippen LogP contribution in [-0.2, 0) is 0 Å². The molecule has 0 aliphatic carbocycles. The minimum atomic E-state index is -1.07.